The van der Waals surface area contributed by atoms with Crippen molar-refractivity contribution in [2.45, 2.75) is 38.3 Å². The zero-order chi connectivity index (χ0) is 18.5. The molecular formula is C14H23N3O6S. The molecule has 0 saturated carbocycles. The fourth-order valence-electron chi connectivity index (χ4n) is 1.71. The normalized spacial score (nSPS) is 12.6. The molecule has 0 bridgehead atoms. The van der Waals surface area contributed by atoms with Gasteiger partial charge in [-0.25, -0.2) is 4.79 Å². The summed E-state index contributed by atoms with van der Waals surface area (Å²) in [6, 6.07) is -1.24. The Bertz CT molecular complexity index is 471. The Labute approximate surface area is 144 Å². The summed E-state index contributed by atoms with van der Waals surface area (Å²) in [6.45, 7) is 1.54. The first-order chi connectivity index (χ1) is 11.3. The fourth-order valence-corrected chi connectivity index (χ4v) is 2.30. The van der Waals surface area contributed by atoms with Gasteiger partial charge < -0.3 is 25.9 Å². The molecule has 9 nitrogen and oxygen atoms in total. The molecule has 136 valence electrons. The molecule has 0 radical (unpaired) electrons. The topological polar surface area (TPSA) is 142 Å². The van der Waals surface area contributed by atoms with Crippen molar-refractivity contribution in [3.05, 3.63) is 0 Å². The van der Waals surface area contributed by atoms with E-state index in [0.717, 1.165) is 12.2 Å². The molecule has 0 aliphatic carbocycles. The van der Waals surface area contributed by atoms with Crippen molar-refractivity contribution in [2.24, 2.45) is 0 Å². The lowest BCUT2D eigenvalue weighted by molar-refractivity contribution is -0.151. The van der Waals surface area contributed by atoms with Crippen LogP contribution < -0.4 is 16.0 Å². The lowest BCUT2D eigenvalue weighted by Gasteiger charge is -2.17. The van der Waals surface area contributed by atoms with Crippen molar-refractivity contribution >= 4 is 41.7 Å². The van der Waals surface area contributed by atoms with E-state index in [1.54, 1.807) is 11.8 Å². The lowest BCUT2D eigenvalue weighted by atomic mass is 10.1. The van der Waals surface area contributed by atoms with Gasteiger partial charge in [0.15, 0.2) is 0 Å². The smallest absolute Gasteiger partial charge is 0.394 e. The van der Waals surface area contributed by atoms with Crippen LogP contribution in [0.4, 0.5) is 0 Å². The Balaban J connectivity index is 4.43. The van der Waals surface area contributed by atoms with Crippen LogP contribution in [0.2, 0.25) is 0 Å². The van der Waals surface area contributed by atoms with Gasteiger partial charge in [0.25, 0.3) is 0 Å². The molecule has 3 amide bonds. The average Bonchev–Trinajstić information content (AvgIpc) is 2.54. The maximum atomic E-state index is 12.0. The van der Waals surface area contributed by atoms with Gasteiger partial charge >= 0.3 is 11.9 Å². The van der Waals surface area contributed by atoms with Gasteiger partial charge in [-0.05, 0) is 31.8 Å². The SMILES string of the molecule is CSCCC(C)NC(=O)CNC(=O)C(CCC=O)NC(=O)C(=O)O. The van der Waals surface area contributed by atoms with Crippen molar-refractivity contribution in [3.8, 4) is 0 Å². The van der Waals surface area contributed by atoms with E-state index in [1.807, 2.05) is 18.5 Å². The van der Waals surface area contributed by atoms with E-state index in [-0.39, 0.29) is 25.4 Å². The molecule has 0 rings (SSSR count). The summed E-state index contributed by atoms with van der Waals surface area (Å²) in [5.41, 5.74) is 0. The fraction of sp³-hybridized carbons (Fsp3) is 0.643. The second kappa shape index (κ2) is 12.3. The summed E-state index contributed by atoms with van der Waals surface area (Å²) in [4.78, 5) is 55.7. The molecule has 2 unspecified atom stereocenters. The van der Waals surface area contributed by atoms with E-state index < -0.39 is 29.7 Å². The van der Waals surface area contributed by atoms with E-state index in [9.17, 15) is 24.0 Å². The summed E-state index contributed by atoms with van der Waals surface area (Å²) in [5.74, 6) is -3.31. The third-order valence-electron chi connectivity index (χ3n) is 2.97. The monoisotopic (exact) mass is 361 g/mol. The molecule has 0 aromatic rings. The largest absolute Gasteiger partial charge is 0.474 e. The summed E-state index contributed by atoms with van der Waals surface area (Å²) in [6.07, 6.45) is 3.21. The summed E-state index contributed by atoms with van der Waals surface area (Å²) in [5, 5.41) is 15.6. The minimum absolute atomic E-state index is 0.0318. The van der Waals surface area contributed by atoms with Gasteiger partial charge in [-0.1, -0.05) is 0 Å². The number of nitrogens with one attached hydrogen (secondary N) is 3. The first-order valence-corrected chi connectivity index (χ1v) is 8.74. The number of carbonyl (C=O) groups is 5. The first-order valence-electron chi connectivity index (χ1n) is 7.35. The van der Waals surface area contributed by atoms with Crippen LogP contribution in [-0.2, 0) is 24.0 Å². The molecule has 10 heteroatoms. The Hall–Kier alpha value is -2.10. The molecule has 0 aliphatic heterocycles. The molecule has 4 N–H and O–H groups in total. The van der Waals surface area contributed by atoms with Crippen molar-refractivity contribution in [2.75, 3.05) is 18.6 Å². The highest BCUT2D eigenvalue weighted by molar-refractivity contribution is 7.98. The Morgan fingerprint density at radius 3 is 2.38 bits per heavy atom. The van der Waals surface area contributed by atoms with Crippen LogP contribution in [0.3, 0.4) is 0 Å². The van der Waals surface area contributed by atoms with Crippen LogP contribution in [0.1, 0.15) is 26.2 Å². The van der Waals surface area contributed by atoms with Crippen LogP contribution in [0, 0.1) is 0 Å². The number of rotatable bonds is 11. The Morgan fingerprint density at radius 1 is 1.17 bits per heavy atom. The quantitative estimate of drug-likeness (QED) is 0.270. The number of amides is 3. The van der Waals surface area contributed by atoms with Gasteiger partial charge in [-0.15, -0.1) is 0 Å². The molecule has 0 aromatic carbocycles. The number of hydrogen-bond donors (Lipinski definition) is 4. The second-order valence-electron chi connectivity index (χ2n) is 5.04. The van der Waals surface area contributed by atoms with Gasteiger partial charge in [0.05, 0.1) is 6.54 Å². The van der Waals surface area contributed by atoms with Crippen LogP contribution in [0.5, 0.6) is 0 Å². The van der Waals surface area contributed by atoms with Crippen LogP contribution >= 0.6 is 11.8 Å². The van der Waals surface area contributed by atoms with Crippen molar-refractivity contribution in [3.63, 3.8) is 0 Å². The highest BCUT2D eigenvalue weighted by Gasteiger charge is 2.23. The number of aldehydes is 1. The number of carboxylic acid groups (broad SMARTS) is 1. The van der Waals surface area contributed by atoms with E-state index in [0.29, 0.717) is 6.29 Å². The first kappa shape index (κ1) is 21.9. The maximum Gasteiger partial charge on any atom is 0.394 e. The van der Waals surface area contributed by atoms with E-state index >= 15 is 0 Å². The lowest BCUT2D eigenvalue weighted by Crippen LogP contribution is -2.51. The van der Waals surface area contributed by atoms with Gasteiger partial charge in [0.2, 0.25) is 11.8 Å². The number of hydrogen-bond acceptors (Lipinski definition) is 6. The molecule has 0 aliphatic rings. The molecule has 0 heterocycles. The molecular weight excluding hydrogens is 338 g/mol. The Morgan fingerprint density at radius 2 is 1.83 bits per heavy atom. The third-order valence-corrected chi connectivity index (χ3v) is 3.62. The highest BCUT2D eigenvalue weighted by atomic mass is 32.2. The van der Waals surface area contributed by atoms with Crippen molar-refractivity contribution in [1.82, 2.24) is 16.0 Å². The Kier molecular flexibility index (Phi) is 11.3. The van der Waals surface area contributed by atoms with Crippen LogP contribution in [0.15, 0.2) is 0 Å². The van der Waals surface area contributed by atoms with E-state index in [1.165, 1.54) is 0 Å². The minimum atomic E-state index is -1.74. The van der Waals surface area contributed by atoms with Crippen molar-refractivity contribution < 1.29 is 29.1 Å². The molecule has 0 fully saturated rings. The minimum Gasteiger partial charge on any atom is -0.474 e. The van der Waals surface area contributed by atoms with E-state index in [2.05, 4.69) is 10.6 Å². The number of thioether (sulfide) groups is 1. The summed E-state index contributed by atoms with van der Waals surface area (Å²) >= 11 is 1.66. The molecule has 0 saturated heterocycles. The van der Waals surface area contributed by atoms with Gasteiger partial charge in [-0.2, -0.15) is 11.8 Å². The van der Waals surface area contributed by atoms with E-state index in [4.69, 9.17) is 5.11 Å². The molecule has 2 atom stereocenters. The molecule has 24 heavy (non-hydrogen) atoms. The van der Waals surface area contributed by atoms with Gasteiger partial charge in [-0.3, -0.25) is 14.4 Å². The van der Waals surface area contributed by atoms with Gasteiger partial charge in [0.1, 0.15) is 12.3 Å². The van der Waals surface area contributed by atoms with Crippen LogP contribution in [-0.4, -0.2) is 65.7 Å². The van der Waals surface area contributed by atoms with Gasteiger partial charge in [0, 0.05) is 12.5 Å². The summed E-state index contributed by atoms with van der Waals surface area (Å²) < 4.78 is 0. The zero-order valence-corrected chi connectivity index (χ0v) is 14.5. The standard InChI is InChI=1S/C14H23N3O6S/c1-9(5-7-24-2)16-11(19)8-15-12(20)10(4-3-6-18)17-13(21)14(22)23/h6,9-10H,3-5,7-8H2,1-2H3,(H,15,20)(H,16,19)(H,17,21)(H,22,23). The van der Waals surface area contributed by atoms with Crippen LogP contribution in [0.25, 0.3) is 0 Å². The highest BCUT2D eigenvalue weighted by Crippen LogP contribution is 1.99. The molecule has 0 aromatic heterocycles. The van der Waals surface area contributed by atoms with Crippen molar-refractivity contribution in [1.29, 1.82) is 0 Å². The summed E-state index contributed by atoms with van der Waals surface area (Å²) in [7, 11) is 0. The second-order valence-corrected chi connectivity index (χ2v) is 6.03. The number of carbonyl (C=O) groups excluding carboxylic acids is 4. The third kappa shape index (κ3) is 9.82. The predicted octanol–water partition coefficient (Wildman–Crippen LogP) is -1.09. The number of carboxylic acids is 1. The predicted molar refractivity (Wildman–Crippen MR) is 88.5 cm³/mol. The average molecular weight is 361 g/mol. The maximum absolute atomic E-state index is 12.0. The number of aliphatic carboxylic acids is 1. The zero-order valence-electron chi connectivity index (χ0n) is 13.7. The molecule has 0 spiro atoms.